The van der Waals surface area contributed by atoms with Gasteiger partial charge in [0.15, 0.2) is 0 Å². The molecule has 20 heavy (non-hydrogen) atoms. The van der Waals surface area contributed by atoms with Gasteiger partial charge < -0.3 is 14.7 Å². The number of carbonyl (C=O) groups is 1. The number of amides is 1. The molecule has 0 saturated heterocycles. The van der Waals surface area contributed by atoms with E-state index in [1.807, 2.05) is 6.92 Å². The van der Waals surface area contributed by atoms with Crippen LogP contribution >= 0.6 is 0 Å². The van der Waals surface area contributed by atoms with E-state index in [2.05, 4.69) is 16.8 Å². The number of aliphatic hydroxyl groups excluding tert-OH is 1. The smallest absolute Gasteiger partial charge is 0.273 e. The van der Waals surface area contributed by atoms with Gasteiger partial charge in [0.05, 0.1) is 18.8 Å². The summed E-state index contributed by atoms with van der Waals surface area (Å²) in [4.78, 5) is 18.2. The molecule has 1 heterocycles. The zero-order valence-electron chi connectivity index (χ0n) is 11.9. The molecule has 5 nitrogen and oxygen atoms in total. The number of likely N-dealkylation sites (N-methyl/N-ethyl adjacent to an activating group) is 1. The third kappa shape index (κ3) is 4.65. The summed E-state index contributed by atoms with van der Waals surface area (Å²) in [5.74, 6) is 5.54. The molecule has 1 aromatic heterocycles. The monoisotopic (exact) mass is 276 g/mol. The maximum Gasteiger partial charge on any atom is 0.273 e. The molecule has 0 atom stereocenters. The summed E-state index contributed by atoms with van der Waals surface area (Å²) in [5.41, 5.74) is 0.928. The fourth-order valence-corrected chi connectivity index (χ4v) is 1.64. The Morgan fingerprint density at radius 1 is 1.55 bits per heavy atom. The molecule has 0 aliphatic heterocycles. The third-order valence-corrected chi connectivity index (χ3v) is 2.70. The van der Waals surface area contributed by atoms with Gasteiger partial charge in [0.1, 0.15) is 5.69 Å². The van der Waals surface area contributed by atoms with Gasteiger partial charge in [0, 0.05) is 32.8 Å². The van der Waals surface area contributed by atoms with E-state index in [9.17, 15) is 4.79 Å². The van der Waals surface area contributed by atoms with Crippen LogP contribution < -0.4 is 0 Å². The van der Waals surface area contributed by atoms with E-state index in [1.54, 1.807) is 30.3 Å². The molecule has 1 N–H and O–H groups in total. The lowest BCUT2D eigenvalue weighted by Gasteiger charge is -2.20. The molecule has 0 fully saturated rings. The molecule has 5 heteroatoms. The summed E-state index contributed by atoms with van der Waals surface area (Å²) in [6.07, 6.45) is 1.96. The maximum absolute atomic E-state index is 12.4. The van der Waals surface area contributed by atoms with Crippen molar-refractivity contribution in [3.8, 4) is 11.8 Å². The van der Waals surface area contributed by atoms with Crippen molar-refractivity contribution >= 4 is 5.91 Å². The molecule has 1 amide bonds. The number of carbonyl (C=O) groups excluding carboxylic acids is 1. The summed E-state index contributed by atoms with van der Waals surface area (Å²) >= 11 is 0. The summed E-state index contributed by atoms with van der Waals surface area (Å²) in [5, 5.41) is 8.74. The predicted molar refractivity (Wildman–Crippen MR) is 76.3 cm³/mol. The number of ether oxygens (including phenoxy) is 1. The Morgan fingerprint density at radius 3 is 3.00 bits per heavy atom. The van der Waals surface area contributed by atoms with Gasteiger partial charge in [-0.1, -0.05) is 11.8 Å². The summed E-state index contributed by atoms with van der Waals surface area (Å²) in [6.45, 7) is 3.51. The lowest BCUT2D eigenvalue weighted by molar-refractivity contribution is 0.0700. The van der Waals surface area contributed by atoms with Crippen LogP contribution in [-0.2, 0) is 4.74 Å². The predicted octanol–water partition coefficient (Wildman–Crippen LogP) is 0.924. The van der Waals surface area contributed by atoms with Gasteiger partial charge in [-0.25, -0.2) is 4.98 Å². The van der Waals surface area contributed by atoms with E-state index in [0.717, 1.165) is 0 Å². The van der Waals surface area contributed by atoms with Crippen LogP contribution in [0.2, 0.25) is 0 Å². The standard InChI is InChI=1S/C15H20N2O3/c1-3-17(10-12-20-2)15(19)14-13(7-4-5-11-18)8-6-9-16-14/h6,8-9,18H,3,5,10-12H2,1-2H3. The minimum atomic E-state index is -0.154. The third-order valence-electron chi connectivity index (χ3n) is 2.70. The van der Waals surface area contributed by atoms with Crippen LogP contribution in [-0.4, -0.2) is 54.3 Å². The number of hydrogen-bond acceptors (Lipinski definition) is 4. The number of aliphatic hydroxyl groups is 1. The largest absolute Gasteiger partial charge is 0.395 e. The number of methoxy groups -OCH3 is 1. The first-order valence-corrected chi connectivity index (χ1v) is 6.57. The highest BCUT2D eigenvalue weighted by Crippen LogP contribution is 2.08. The van der Waals surface area contributed by atoms with E-state index in [-0.39, 0.29) is 12.5 Å². The minimum Gasteiger partial charge on any atom is -0.395 e. The van der Waals surface area contributed by atoms with Crippen molar-refractivity contribution < 1.29 is 14.6 Å². The molecule has 0 radical (unpaired) electrons. The number of nitrogens with zero attached hydrogens (tertiary/aromatic N) is 2. The number of pyridine rings is 1. The van der Waals surface area contributed by atoms with Gasteiger partial charge in [0.25, 0.3) is 5.91 Å². The van der Waals surface area contributed by atoms with Gasteiger partial charge in [-0.15, -0.1) is 0 Å². The number of rotatable bonds is 6. The van der Waals surface area contributed by atoms with E-state index in [0.29, 0.717) is 37.4 Å². The number of aromatic nitrogens is 1. The second-order valence-corrected chi connectivity index (χ2v) is 4.05. The zero-order chi connectivity index (χ0) is 14.8. The molecule has 1 aromatic rings. The average molecular weight is 276 g/mol. The highest BCUT2D eigenvalue weighted by Gasteiger charge is 2.17. The van der Waals surface area contributed by atoms with Crippen LogP contribution in [0.15, 0.2) is 18.3 Å². The fourth-order valence-electron chi connectivity index (χ4n) is 1.64. The molecule has 108 valence electrons. The second-order valence-electron chi connectivity index (χ2n) is 4.05. The van der Waals surface area contributed by atoms with E-state index < -0.39 is 0 Å². The van der Waals surface area contributed by atoms with E-state index in [1.165, 1.54) is 0 Å². The van der Waals surface area contributed by atoms with Gasteiger partial charge in [-0.3, -0.25) is 4.79 Å². The van der Waals surface area contributed by atoms with Gasteiger partial charge in [0.2, 0.25) is 0 Å². The van der Waals surface area contributed by atoms with Gasteiger partial charge in [-0.2, -0.15) is 0 Å². The molecule has 0 bridgehead atoms. The van der Waals surface area contributed by atoms with E-state index in [4.69, 9.17) is 9.84 Å². The quantitative estimate of drug-likeness (QED) is 0.785. The molecule has 0 aromatic carbocycles. The van der Waals surface area contributed by atoms with Crippen molar-refractivity contribution in [2.24, 2.45) is 0 Å². The Labute approximate surface area is 119 Å². The van der Waals surface area contributed by atoms with Crippen molar-refractivity contribution in [3.63, 3.8) is 0 Å². The van der Waals surface area contributed by atoms with Crippen molar-refractivity contribution in [1.82, 2.24) is 9.88 Å². The Bertz CT molecular complexity index is 491. The van der Waals surface area contributed by atoms with Crippen LogP contribution in [0.25, 0.3) is 0 Å². The number of hydrogen-bond donors (Lipinski definition) is 1. The van der Waals surface area contributed by atoms with Crippen molar-refractivity contribution in [2.75, 3.05) is 33.4 Å². The fraction of sp³-hybridized carbons (Fsp3) is 0.467. The second kappa shape index (κ2) is 9.08. The molecule has 0 aliphatic rings. The first-order valence-electron chi connectivity index (χ1n) is 6.57. The molecular formula is C15H20N2O3. The van der Waals surface area contributed by atoms with Crippen LogP contribution in [0, 0.1) is 11.8 Å². The molecule has 0 aliphatic carbocycles. The maximum atomic E-state index is 12.4. The van der Waals surface area contributed by atoms with Crippen LogP contribution in [0.1, 0.15) is 29.4 Å². The van der Waals surface area contributed by atoms with Crippen molar-refractivity contribution in [2.45, 2.75) is 13.3 Å². The summed E-state index contributed by atoms with van der Waals surface area (Å²) < 4.78 is 5.00. The zero-order valence-corrected chi connectivity index (χ0v) is 11.9. The topological polar surface area (TPSA) is 62.7 Å². The summed E-state index contributed by atoms with van der Waals surface area (Å²) in [7, 11) is 1.60. The molecular weight excluding hydrogens is 256 g/mol. The van der Waals surface area contributed by atoms with Gasteiger partial charge >= 0.3 is 0 Å². The van der Waals surface area contributed by atoms with E-state index >= 15 is 0 Å². The first-order chi connectivity index (χ1) is 9.74. The Hall–Kier alpha value is -1.90. The average Bonchev–Trinajstić information content (AvgIpc) is 2.48. The van der Waals surface area contributed by atoms with Crippen LogP contribution in [0.4, 0.5) is 0 Å². The van der Waals surface area contributed by atoms with Crippen molar-refractivity contribution in [3.05, 3.63) is 29.6 Å². The molecule has 1 rings (SSSR count). The first kappa shape index (κ1) is 16.2. The summed E-state index contributed by atoms with van der Waals surface area (Å²) in [6, 6.07) is 3.50. The normalized spacial score (nSPS) is 9.75. The van der Waals surface area contributed by atoms with Gasteiger partial charge in [-0.05, 0) is 19.1 Å². The lowest BCUT2D eigenvalue weighted by Crippen LogP contribution is -2.34. The highest BCUT2D eigenvalue weighted by atomic mass is 16.5. The van der Waals surface area contributed by atoms with Crippen molar-refractivity contribution in [1.29, 1.82) is 0 Å². The Kier molecular flexibility index (Phi) is 7.33. The Balaban J connectivity index is 2.94. The molecule has 0 saturated carbocycles. The molecule has 0 spiro atoms. The van der Waals surface area contributed by atoms with Crippen LogP contribution in [0.5, 0.6) is 0 Å². The minimum absolute atomic E-state index is 0.00542. The Morgan fingerprint density at radius 2 is 2.35 bits per heavy atom. The highest BCUT2D eigenvalue weighted by molar-refractivity contribution is 5.94. The lowest BCUT2D eigenvalue weighted by atomic mass is 10.1. The SMILES string of the molecule is CCN(CCOC)C(=O)c1ncccc1C#CCCO. The molecule has 0 unspecified atom stereocenters. The van der Waals surface area contributed by atoms with Crippen LogP contribution in [0.3, 0.4) is 0 Å².